The third kappa shape index (κ3) is 2.49. The van der Waals surface area contributed by atoms with Gasteiger partial charge in [-0.05, 0) is 23.8 Å². The lowest BCUT2D eigenvalue weighted by Crippen LogP contribution is -2.40. The van der Waals surface area contributed by atoms with Crippen LogP contribution in [0.1, 0.15) is 24.2 Å². The van der Waals surface area contributed by atoms with Crippen LogP contribution in [0.2, 0.25) is 0 Å². The number of anilines is 1. The molecule has 2 aromatic rings. The van der Waals surface area contributed by atoms with Crippen LogP contribution in [0.4, 0.5) is 5.82 Å². The van der Waals surface area contributed by atoms with Gasteiger partial charge in [-0.1, -0.05) is 0 Å². The van der Waals surface area contributed by atoms with Crippen molar-refractivity contribution < 1.29 is 4.79 Å². The fourth-order valence-corrected chi connectivity index (χ4v) is 2.63. The highest BCUT2D eigenvalue weighted by atomic mass is 16.2. The summed E-state index contributed by atoms with van der Waals surface area (Å²) in [7, 11) is 3.92. The smallest absolute Gasteiger partial charge is 0.247 e. The Hall–Kier alpha value is -2.58. The zero-order chi connectivity index (χ0) is 15.7. The Kier molecular flexibility index (Phi) is 3.70. The van der Waals surface area contributed by atoms with E-state index in [1.165, 1.54) is 11.0 Å². The van der Waals surface area contributed by atoms with Gasteiger partial charge in [0, 0.05) is 26.2 Å². The number of tetrazole rings is 1. The van der Waals surface area contributed by atoms with Gasteiger partial charge in [0.2, 0.25) is 5.91 Å². The zero-order valence-electron chi connectivity index (χ0n) is 12.8. The van der Waals surface area contributed by atoms with Crippen LogP contribution < -0.4 is 4.90 Å². The second-order valence-electron chi connectivity index (χ2n) is 5.49. The predicted molar refractivity (Wildman–Crippen MR) is 78.0 cm³/mol. The van der Waals surface area contributed by atoms with Crippen molar-refractivity contribution in [2.75, 3.05) is 25.5 Å². The summed E-state index contributed by atoms with van der Waals surface area (Å²) in [6, 6.07) is -0.424. The van der Waals surface area contributed by atoms with Gasteiger partial charge in [0.15, 0.2) is 0 Å². The van der Waals surface area contributed by atoms with Crippen LogP contribution >= 0.6 is 0 Å². The second-order valence-corrected chi connectivity index (χ2v) is 5.49. The molecule has 0 bridgehead atoms. The average molecular weight is 302 g/mol. The van der Waals surface area contributed by atoms with Crippen LogP contribution in [0.5, 0.6) is 0 Å². The van der Waals surface area contributed by atoms with Crippen molar-refractivity contribution in [2.24, 2.45) is 0 Å². The van der Waals surface area contributed by atoms with Gasteiger partial charge in [-0.3, -0.25) is 4.79 Å². The summed E-state index contributed by atoms with van der Waals surface area (Å²) in [5.41, 5.74) is 2.02. The van der Waals surface area contributed by atoms with E-state index in [0.29, 0.717) is 13.1 Å². The molecule has 0 aromatic carbocycles. The maximum atomic E-state index is 12.6. The molecule has 2 aromatic heterocycles. The molecule has 22 heavy (non-hydrogen) atoms. The first kappa shape index (κ1) is 14.4. The average Bonchev–Trinajstić information content (AvgIpc) is 3.06. The molecular weight excluding hydrogens is 284 g/mol. The van der Waals surface area contributed by atoms with Gasteiger partial charge in [0.1, 0.15) is 24.5 Å². The second kappa shape index (κ2) is 5.66. The van der Waals surface area contributed by atoms with Gasteiger partial charge in [-0.25, -0.2) is 14.6 Å². The van der Waals surface area contributed by atoms with E-state index < -0.39 is 6.04 Å². The number of rotatable bonds is 3. The zero-order valence-corrected chi connectivity index (χ0v) is 12.8. The van der Waals surface area contributed by atoms with Crippen LogP contribution in [0.3, 0.4) is 0 Å². The Morgan fingerprint density at radius 2 is 2.18 bits per heavy atom. The molecule has 0 radical (unpaired) electrons. The van der Waals surface area contributed by atoms with E-state index in [-0.39, 0.29) is 5.91 Å². The lowest BCUT2D eigenvalue weighted by atomic mass is 10.0. The monoisotopic (exact) mass is 302 g/mol. The molecule has 0 N–H and O–H groups in total. The number of carbonyl (C=O) groups is 1. The molecular formula is C13H18N8O. The van der Waals surface area contributed by atoms with Gasteiger partial charge in [0.05, 0.1) is 12.2 Å². The largest absolute Gasteiger partial charge is 0.362 e. The Labute approximate surface area is 128 Å². The van der Waals surface area contributed by atoms with Crippen LogP contribution in [0, 0.1) is 0 Å². The number of carbonyl (C=O) groups excluding carboxylic acids is 1. The summed E-state index contributed by atoms with van der Waals surface area (Å²) in [6.45, 7) is 2.93. The van der Waals surface area contributed by atoms with Crippen LogP contribution in [-0.2, 0) is 17.8 Å². The number of hydrogen-bond acceptors (Lipinski definition) is 7. The van der Waals surface area contributed by atoms with Crippen LogP contribution in [0.25, 0.3) is 0 Å². The van der Waals surface area contributed by atoms with E-state index in [1.54, 1.807) is 18.2 Å². The molecule has 0 saturated heterocycles. The maximum absolute atomic E-state index is 12.6. The van der Waals surface area contributed by atoms with E-state index in [0.717, 1.165) is 23.5 Å². The fourth-order valence-electron chi connectivity index (χ4n) is 2.63. The number of fused-ring (bicyclic) bond motifs is 1. The number of amides is 1. The molecule has 1 atom stereocenters. The summed E-state index contributed by atoms with van der Waals surface area (Å²) in [5.74, 6) is 0.911. The molecule has 0 fully saturated rings. The van der Waals surface area contributed by atoms with Gasteiger partial charge in [-0.2, -0.15) is 0 Å². The molecule has 9 nitrogen and oxygen atoms in total. The van der Waals surface area contributed by atoms with Crippen molar-refractivity contribution in [3.05, 3.63) is 23.9 Å². The summed E-state index contributed by atoms with van der Waals surface area (Å²) in [4.78, 5) is 25.0. The summed E-state index contributed by atoms with van der Waals surface area (Å²) in [5, 5.41) is 10.9. The molecule has 0 saturated carbocycles. The Balaban J connectivity index is 1.80. The molecule has 0 aliphatic carbocycles. The summed E-state index contributed by atoms with van der Waals surface area (Å²) < 4.78 is 1.46. The van der Waals surface area contributed by atoms with E-state index >= 15 is 0 Å². The van der Waals surface area contributed by atoms with Crippen molar-refractivity contribution in [2.45, 2.75) is 25.9 Å². The van der Waals surface area contributed by atoms with Crippen molar-refractivity contribution in [1.82, 2.24) is 35.1 Å². The molecule has 1 aliphatic rings. The van der Waals surface area contributed by atoms with Gasteiger partial charge < -0.3 is 9.80 Å². The Morgan fingerprint density at radius 3 is 2.86 bits per heavy atom. The van der Waals surface area contributed by atoms with E-state index in [2.05, 4.69) is 25.5 Å². The SMILES string of the molecule is C[C@@H](C(=O)N1CCc2c(ncnc2N(C)C)C1)n1cnnn1. The Morgan fingerprint density at radius 1 is 1.36 bits per heavy atom. The molecule has 116 valence electrons. The van der Waals surface area contributed by atoms with Crippen molar-refractivity contribution >= 4 is 11.7 Å². The molecule has 3 heterocycles. The minimum Gasteiger partial charge on any atom is -0.362 e. The van der Waals surface area contributed by atoms with Crippen LogP contribution in [-0.4, -0.2) is 61.6 Å². The fraction of sp³-hybridized carbons (Fsp3) is 0.538. The van der Waals surface area contributed by atoms with Gasteiger partial charge in [-0.15, -0.1) is 5.10 Å². The topological polar surface area (TPSA) is 92.9 Å². The highest BCUT2D eigenvalue weighted by Crippen LogP contribution is 2.25. The van der Waals surface area contributed by atoms with Gasteiger partial charge in [0.25, 0.3) is 0 Å². The first-order valence-corrected chi connectivity index (χ1v) is 7.09. The van der Waals surface area contributed by atoms with Crippen molar-refractivity contribution in [1.29, 1.82) is 0 Å². The molecule has 0 spiro atoms. The minimum atomic E-state index is -0.424. The third-order valence-corrected chi connectivity index (χ3v) is 3.84. The van der Waals surface area contributed by atoms with E-state index in [9.17, 15) is 4.79 Å². The highest BCUT2D eigenvalue weighted by Gasteiger charge is 2.28. The van der Waals surface area contributed by atoms with Gasteiger partial charge >= 0.3 is 0 Å². The summed E-state index contributed by atoms with van der Waals surface area (Å²) in [6.07, 6.45) is 3.75. The minimum absolute atomic E-state index is 0.0111. The number of hydrogen-bond donors (Lipinski definition) is 0. The third-order valence-electron chi connectivity index (χ3n) is 3.84. The molecule has 1 aliphatic heterocycles. The lowest BCUT2D eigenvalue weighted by Gasteiger charge is -2.31. The lowest BCUT2D eigenvalue weighted by molar-refractivity contribution is -0.135. The van der Waals surface area contributed by atoms with Crippen molar-refractivity contribution in [3.8, 4) is 0 Å². The van der Waals surface area contributed by atoms with E-state index in [4.69, 9.17) is 0 Å². The predicted octanol–water partition coefficient (Wildman–Crippen LogP) is -0.325. The standard InChI is InChI=1S/C13H18N8O/c1-9(21-8-16-17-18-21)13(22)20-5-4-10-11(6-20)14-7-15-12(10)19(2)3/h7-9H,4-6H2,1-3H3/t9-/m0/s1. The summed E-state index contributed by atoms with van der Waals surface area (Å²) >= 11 is 0. The number of aromatic nitrogens is 6. The molecule has 1 amide bonds. The Bertz CT molecular complexity index is 669. The maximum Gasteiger partial charge on any atom is 0.247 e. The molecule has 3 rings (SSSR count). The van der Waals surface area contributed by atoms with E-state index in [1.807, 2.05) is 19.0 Å². The molecule has 9 heteroatoms. The quantitative estimate of drug-likeness (QED) is 0.766. The van der Waals surface area contributed by atoms with Crippen molar-refractivity contribution in [3.63, 3.8) is 0 Å². The molecule has 0 unspecified atom stereocenters. The highest BCUT2D eigenvalue weighted by molar-refractivity contribution is 5.80. The first-order chi connectivity index (χ1) is 10.6. The number of nitrogens with zero attached hydrogens (tertiary/aromatic N) is 8. The van der Waals surface area contributed by atoms with Crippen LogP contribution in [0.15, 0.2) is 12.7 Å². The normalized spacial score (nSPS) is 15.3. The first-order valence-electron chi connectivity index (χ1n) is 7.09.